The molecule has 0 spiro atoms. The average molecular weight is 447 g/mol. The molecule has 0 aromatic heterocycles. The molecule has 0 amide bonds. The first kappa shape index (κ1) is 22.6. The lowest BCUT2D eigenvalue weighted by molar-refractivity contribution is -0.547. The van der Waals surface area contributed by atoms with Gasteiger partial charge in [-0.3, -0.25) is 19.7 Å². The van der Waals surface area contributed by atoms with Crippen LogP contribution in [-0.2, 0) is 19.9 Å². The van der Waals surface area contributed by atoms with Crippen molar-refractivity contribution in [3.63, 3.8) is 0 Å². The lowest BCUT2D eigenvalue weighted by Gasteiger charge is -2.31. The van der Waals surface area contributed by atoms with Gasteiger partial charge in [-0.05, 0) is 35.7 Å². The molecule has 3 aromatic carbocycles. The zero-order valence-electron chi connectivity index (χ0n) is 18.4. The molecule has 33 heavy (non-hydrogen) atoms. The number of Topliss-reactive ketones (excluding diaryl/α,β-unsaturated/α-hetero) is 1. The maximum atomic E-state index is 13.4. The number of rotatable bonds is 6. The zero-order valence-corrected chi connectivity index (χ0v) is 18.4. The maximum Gasteiger partial charge on any atom is 0.320 e. The SMILES string of the molecule is CCOC(=O)[C@]1(C(C)=O)C[C@](O)(c2ccccc2)[C@@H]([N+](=O)[O-])[C@@H]1c1cccc2ccccc12. The maximum absolute atomic E-state index is 13.4. The zero-order chi connectivity index (χ0) is 23.8. The number of benzene rings is 3. The van der Waals surface area contributed by atoms with Gasteiger partial charge in [-0.15, -0.1) is 0 Å². The number of hydrogen-bond acceptors (Lipinski definition) is 6. The molecule has 4 atom stereocenters. The van der Waals surface area contributed by atoms with Gasteiger partial charge in [0.1, 0.15) is 11.2 Å². The highest BCUT2D eigenvalue weighted by Gasteiger charge is 2.73. The summed E-state index contributed by atoms with van der Waals surface area (Å²) in [5.41, 5.74) is -3.25. The summed E-state index contributed by atoms with van der Waals surface area (Å²) >= 11 is 0. The highest BCUT2D eigenvalue weighted by molar-refractivity contribution is 6.05. The van der Waals surface area contributed by atoms with Crippen LogP contribution in [0.4, 0.5) is 0 Å². The molecule has 0 unspecified atom stereocenters. The molecule has 170 valence electrons. The summed E-state index contributed by atoms with van der Waals surface area (Å²) in [5.74, 6) is -2.66. The van der Waals surface area contributed by atoms with E-state index in [0.29, 0.717) is 10.9 Å². The van der Waals surface area contributed by atoms with Crippen molar-refractivity contribution in [3.05, 3.63) is 94.0 Å². The van der Waals surface area contributed by atoms with E-state index in [4.69, 9.17) is 4.74 Å². The van der Waals surface area contributed by atoms with Gasteiger partial charge in [-0.2, -0.15) is 0 Å². The molecule has 0 bridgehead atoms. The van der Waals surface area contributed by atoms with Crippen molar-refractivity contribution in [1.29, 1.82) is 0 Å². The molecule has 3 aromatic rings. The van der Waals surface area contributed by atoms with Crippen molar-refractivity contribution >= 4 is 22.5 Å². The van der Waals surface area contributed by atoms with Gasteiger partial charge in [0.2, 0.25) is 0 Å². The first-order valence-corrected chi connectivity index (χ1v) is 10.8. The van der Waals surface area contributed by atoms with Crippen LogP contribution in [0.3, 0.4) is 0 Å². The smallest absolute Gasteiger partial charge is 0.320 e. The van der Waals surface area contributed by atoms with Crippen LogP contribution < -0.4 is 0 Å². The van der Waals surface area contributed by atoms with E-state index >= 15 is 0 Å². The van der Waals surface area contributed by atoms with E-state index < -0.39 is 46.1 Å². The number of carbonyl (C=O) groups excluding carboxylic acids is 2. The molecule has 1 saturated carbocycles. The molecule has 1 N–H and O–H groups in total. The van der Waals surface area contributed by atoms with Crippen LogP contribution in [-0.4, -0.2) is 34.4 Å². The van der Waals surface area contributed by atoms with Crippen molar-refractivity contribution in [3.8, 4) is 0 Å². The van der Waals surface area contributed by atoms with Crippen LogP contribution in [0, 0.1) is 15.5 Å². The highest BCUT2D eigenvalue weighted by atomic mass is 16.6. The lowest BCUT2D eigenvalue weighted by Crippen LogP contribution is -2.45. The van der Waals surface area contributed by atoms with Crippen molar-refractivity contribution in [2.75, 3.05) is 6.61 Å². The Bertz CT molecular complexity index is 1220. The summed E-state index contributed by atoms with van der Waals surface area (Å²) < 4.78 is 5.32. The Kier molecular flexibility index (Phi) is 5.76. The molecule has 1 fully saturated rings. The van der Waals surface area contributed by atoms with Crippen molar-refractivity contribution < 1.29 is 24.4 Å². The molecule has 1 aliphatic carbocycles. The van der Waals surface area contributed by atoms with E-state index in [1.165, 1.54) is 6.92 Å². The molecule has 7 heteroatoms. The molecule has 0 radical (unpaired) electrons. The third-order valence-electron chi connectivity index (χ3n) is 6.81. The van der Waals surface area contributed by atoms with Crippen LogP contribution in [0.2, 0.25) is 0 Å². The number of carbonyl (C=O) groups is 2. The summed E-state index contributed by atoms with van der Waals surface area (Å²) in [6.45, 7) is 2.85. The minimum Gasteiger partial charge on any atom is -0.465 e. The summed E-state index contributed by atoms with van der Waals surface area (Å²) in [4.78, 5) is 38.7. The number of aliphatic hydroxyl groups is 1. The summed E-state index contributed by atoms with van der Waals surface area (Å²) in [6.07, 6.45) is -0.447. The molecular weight excluding hydrogens is 422 g/mol. The third-order valence-corrected chi connectivity index (χ3v) is 6.81. The second kappa shape index (κ2) is 8.41. The minimum absolute atomic E-state index is 0.00299. The fourth-order valence-electron chi connectivity index (χ4n) is 5.38. The average Bonchev–Trinajstić information content (AvgIpc) is 3.11. The molecular formula is C26H25NO6. The Hall–Kier alpha value is -3.58. The molecule has 0 heterocycles. The largest absolute Gasteiger partial charge is 0.465 e. The predicted molar refractivity (Wildman–Crippen MR) is 122 cm³/mol. The fourth-order valence-corrected chi connectivity index (χ4v) is 5.38. The van der Waals surface area contributed by atoms with E-state index in [1.54, 1.807) is 61.5 Å². The van der Waals surface area contributed by atoms with E-state index in [2.05, 4.69) is 0 Å². The van der Waals surface area contributed by atoms with Crippen LogP contribution in [0.5, 0.6) is 0 Å². The Balaban J connectivity index is 2.09. The van der Waals surface area contributed by atoms with Crippen LogP contribution in [0.25, 0.3) is 10.8 Å². The van der Waals surface area contributed by atoms with E-state index in [0.717, 1.165) is 5.39 Å². The van der Waals surface area contributed by atoms with Gasteiger partial charge < -0.3 is 9.84 Å². The Morgan fingerprint density at radius 1 is 1.06 bits per heavy atom. The van der Waals surface area contributed by atoms with Crippen LogP contribution in [0.1, 0.15) is 37.3 Å². The Morgan fingerprint density at radius 3 is 2.33 bits per heavy atom. The monoisotopic (exact) mass is 447 g/mol. The Labute approximate surface area is 191 Å². The lowest BCUT2D eigenvalue weighted by atomic mass is 9.69. The predicted octanol–water partition coefficient (Wildman–Crippen LogP) is 4.00. The molecule has 4 rings (SSSR count). The number of ether oxygens (including phenoxy) is 1. The first-order chi connectivity index (χ1) is 15.8. The number of ketones is 1. The number of fused-ring (bicyclic) bond motifs is 1. The van der Waals surface area contributed by atoms with E-state index in [1.807, 2.05) is 18.2 Å². The molecule has 0 aliphatic heterocycles. The van der Waals surface area contributed by atoms with Crippen molar-refractivity contribution in [1.82, 2.24) is 0 Å². The second-order valence-corrected chi connectivity index (χ2v) is 8.49. The van der Waals surface area contributed by atoms with Gasteiger partial charge in [-0.1, -0.05) is 72.8 Å². The van der Waals surface area contributed by atoms with Crippen LogP contribution >= 0.6 is 0 Å². The van der Waals surface area contributed by atoms with Gasteiger partial charge in [-0.25, -0.2) is 0 Å². The van der Waals surface area contributed by atoms with E-state index in [-0.39, 0.29) is 12.2 Å². The topological polar surface area (TPSA) is 107 Å². The van der Waals surface area contributed by atoms with Gasteiger partial charge in [0.05, 0.1) is 12.5 Å². The molecule has 7 nitrogen and oxygen atoms in total. The summed E-state index contributed by atoms with van der Waals surface area (Å²) in [6, 6.07) is 19.2. The number of nitro groups is 1. The van der Waals surface area contributed by atoms with Gasteiger partial charge >= 0.3 is 5.97 Å². The highest BCUT2D eigenvalue weighted by Crippen LogP contribution is 2.60. The number of hydrogen-bond donors (Lipinski definition) is 1. The third kappa shape index (κ3) is 3.40. The Morgan fingerprint density at radius 2 is 1.70 bits per heavy atom. The van der Waals surface area contributed by atoms with E-state index in [9.17, 15) is 24.8 Å². The van der Waals surface area contributed by atoms with Crippen molar-refractivity contribution in [2.45, 2.75) is 37.8 Å². The molecule has 0 saturated heterocycles. The number of nitrogens with zero attached hydrogens (tertiary/aromatic N) is 1. The minimum atomic E-state index is -2.06. The quantitative estimate of drug-likeness (QED) is 0.265. The van der Waals surface area contributed by atoms with Crippen molar-refractivity contribution in [2.24, 2.45) is 5.41 Å². The first-order valence-electron chi connectivity index (χ1n) is 10.8. The normalized spacial score (nSPS) is 26.8. The van der Waals surface area contributed by atoms with Gasteiger partial charge in [0.25, 0.3) is 6.04 Å². The number of esters is 1. The fraction of sp³-hybridized carbons (Fsp3) is 0.308. The van der Waals surface area contributed by atoms with Gasteiger partial charge in [0.15, 0.2) is 5.60 Å². The summed E-state index contributed by atoms with van der Waals surface area (Å²) in [7, 11) is 0. The van der Waals surface area contributed by atoms with Gasteiger partial charge in [0, 0.05) is 11.3 Å². The van der Waals surface area contributed by atoms with Crippen LogP contribution in [0.15, 0.2) is 72.8 Å². The molecule has 1 aliphatic rings. The standard InChI is InChI=1S/C26H25NO6/c1-3-33-24(29)25(17(2)28)16-26(30,19-12-5-4-6-13-19)23(27(31)32)22(25)21-15-9-11-18-10-7-8-14-20(18)21/h4-15,22-23,30H,3,16H2,1-2H3/t22-,23-,25-,26-/m0/s1. The summed E-state index contributed by atoms with van der Waals surface area (Å²) in [5, 5.41) is 26.0. The second-order valence-electron chi connectivity index (χ2n) is 8.49.